The fraction of sp³-hybridized carbons (Fsp3) is 0.512. The molecule has 0 aliphatic heterocycles. The SMILES string of the molecule is CC(=O)[C@@H](C)CCCCNC(=O)CCCS(=O)(=O)NC(=O)COc1ccc(-c2ccc(-c3nn[nH]n3)cc2)cc1.CC(=O)[C@@H](C)CCCCNC(=O)CCCS(=O)(=O)NC(=O)COc1ccc(-c2nn[nH]n2)cc1.CC(=O)[C@@H](C)CCCCNC(=O)CCCS(=O)(=O)NC(=O)Cn1cnc(-c2nn[nH]n2)c1-c1nn[nH]n1.CC(=O)[C@@H](C)CCCCNC(=O)CCCS(=O)(=O)NC(=O)Cn1cnc(-c2nn[nH]n2)c1-c1nn[nH]n1. The molecule has 0 aliphatic carbocycles. The molecule has 11 aromatic rings. The van der Waals surface area contributed by atoms with E-state index >= 15 is 0 Å². The van der Waals surface area contributed by atoms with Crippen LogP contribution in [0.5, 0.6) is 11.5 Å². The fourth-order valence-electron chi connectivity index (χ4n) is 13.4. The zero-order valence-corrected chi connectivity index (χ0v) is 85.7. The monoisotopic (exact) mass is 2140 g/mol. The summed E-state index contributed by atoms with van der Waals surface area (Å²) in [6.45, 7) is 13.8. The summed E-state index contributed by atoms with van der Waals surface area (Å²) in [5.74, 6) is -3.13. The number of sulfonamides is 4. The van der Waals surface area contributed by atoms with E-state index in [-0.39, 0.29) is 179 Å². The first-order chi connectivity index (χ1) is 70.6. The van der Waals surface area contributed by atoms with E-state index in [4.69, 9.17) is 9.47 Å². The maximum atomic E-state index is 12.5. The van der Waals surface area contributed by atoms with Gasteiger partial charge in [0.1, 0.15) is 70.5 Å². The molecule has 4 atom stereocenters. The summed E-state index contributed by atoms with van der Waals surface area (Å²) in [6, 6.07) is 21.2. The Bertz CT molecular complexity index is 6340. The maximum absolute atomic E-state index is 12.5. The number of aromatic amines is 6. The Morgan fingerprint density at radius 3 is 0.791 bits per heavy atom. The number of hydrogen-bond acceptors (Lipinski definition) is 42. The molecular formula is C86H120N36O22S4. The number of benzene rings is 3. The van der Waals surface area contributed by atoms with Crippen LogP contribution in [0.3, 0.4) is 0 Å². The summed E-state index contributed by atoms with van der Waals surface area (Å²) in [5, 5.41) is 92.2. The van der Waals surface area contributed by atoms with E-state index in [1.807, 2.05) is 83.0 Å². The maximum Gasteiger partial charge on any atom is 0.271 e. The van der Waals surface area contributed by atoms with Crippen molar-refractivity contribution in [3.05, 3.63) is 85.5 Å². The molecule has 0 saturated carbocycles. The number of amides is 8. The van der Waals surface area contributed by atoms with Crippen LogP contribution < -0.4 is 49.6 Å². The van der Waals surface area contributed by atoms with Crippen molar-refractivity contribution in [3.8, 4) is 91.5 Å². The molecule has 148 heavy (non-hydrogen) atoms. The number of unbranched alkanes of at least 4 members (excludes halogenated alkanes) is 4. The highest BCUT2D eigenvalue weighted by Gasteiger charge is 2.29. The van der Waals surface area contributed by atoms with Crippen molar-refractivity contribution in [2.75, 3.05) is 62.4 Å². The van der Waals surface area contributed by atoms with Crippen LogP contribution in [0.2, 0.25) is 0 Å². The van der Waals surface area contributed by atoms with Gasteiger partial charge in [-0.3, -0.25) is 76.4 Å². The third-order valence-electron chi connectivity index (χ3n) is 22.1. The molecule has 0 aliphatic rings. The quantitative estimate of drug-likeness (QED) is 0.0241. The molecule has 3 aromatic carbocycles. The van der Waals surface area contributed by atoms with Crippen LogP contribution in [0.4, 0.5) is 0 Å². The second-order valence-corrected chi connectivity index (χ2v) is 41.3. The molecule has 0 unspecified atom stereocenters. The smallest absolute Gasteiger partial charge is 0.271 e. The highest BCUT2D eigenvalue weighted by Crippen LogP contribution is 2.30. The number of tetrazole rings is 6. The first-order valence-electron chi connectivity index (χ1n) is 46.9. The molecule has 0 saturated heterocycles. The number of hydrogen-bond donors (Lipinski definition) is 14. The number of Topliss-reactive ketones (excluding diaryl/α,β-unsaturated/α-hetero) is 4. The molecule has 800 valence electrons. The third kappa shape index (κ3) is 43.3. The van der Waals surface area contributed by atoms with E-state index in [9.17, 15) is 91.2 Å². The van der Waals surface area contributed by atoms with E-state index in [1.54, 1.807) is 64.1 Å². The first-order valence-corrected chi connectivity index (χ1v) is 53.5. The number of rotatable bonds is 61. The van der Waals surface area contributed by atoms with Gasteiger partial charge in [-0.25, -0.2) is 43.6 Å². The average molecular weight is 2140 g/mol. The van der Waals surface area contributed by atoms with E-state index < -0.39 is 102 Å². The fourth-order valence-corrected chi connectivity index (χ4v) is 17.5. The van der Waals surface area contributed by atoms with Gasteiger partial charge in [-0.15, -0.1) is 61.2 Å². The van der Waals surface area contributed by atoms with E-state index in [0.717, 1.165) is 93.7 Å². The van der Waals surface area contributed by atoms with Crippen LogP contribution in [0.1, 0.15) is 184 Å². The minimum Gasteiger partial charge on any atom is -0.484 e. The molecule has 0 fully saturated rings. The van der Waals surface area contributed by atoms with E-state index in [0.29, 0.717) is 54.9 Å². The number of H-pyrrole nitrogens is 6. The molecule has 0 radical (unpaired) electrons. The molecule has 8 heterocycles. The van der Waals surface area contributed by atoms with Crippen LogP contribution in [0.15, 0.2) is 85.5 Å². The topological polar surface area (TPSA) is 818 Å². The first kappa shape index (κ1) is 118. The number of nitrogens with one attached hydrogen (secondary N) is 14. The van der Waals surface area contributed by atoms with Crippen LogP contribution >= 0.6 is 0 Å². The van der Waals surface area contributed by atoms with Crippen molar-refractivity contribution in [3.63, 3.8) is 0 Å². The van der Waals surface area contributed by atoms with Crippen molar-refractivity contribution < 1.29 is 101 Å². The standard InChI is InChI=1S/C27H34N6O6S.C21H30N6O6S.2C19H28N12O5S/c1-19(20(2)34)6-3-4-16-28-25(35)7-5-17-40(37,38)31-26(36)18-39-24-14-12-22(13-15-24)21-8-10-23(11-9-21)27-29-32-33-30-27;1-15(16(2)28)6-3-4-12-22-19(29)7-5-13-34(31,32)25-20(30)14-33-18-10-8-17(9-11-18)21-23-26-27-24-21;2*1-12(13(2)32)6-3-4-8-20-14(33)7-5-9-37(35,36)26-15(34)10-31-11-21-16(18-22-27-28-23-18)17(31)19-24-29-30-25-19/h8-15,19H,3-7,16-18H2,1-2H3,(H,28,35)(H,31,36)(H,29,30,32,33);8-11,15H,3-7,12-14H2,1-2H3,(H,22,29)(H,25,30)(H,23,24,26,27);2*11-12H,3-10H2,1-2H3,(H,20,33)(H,26,34)(H,22,23,27,28)(H,24,25,29,30)/t19-;15-;2*12-/m0000/s1. The Morgan fingerprint density at radius 1 is 0.297 bits per heavy atom. The van der Waals surface area contributed by atoms with Gasteiger partial charge in [0.25, 0.3) is 23.6 Å². The summed E-state index contributed by atoms with van der Waals surface area (Å²) in [4.78, 5) is 150. The van der Waals surface area contributed by atoms with Crippen molar-refractivity contribution in [2.45, 2.75) is 197 Å². The summed E-state index contributed by atoms with van der Waals surface area (Å²) in [6.07, 6.45) is 12.1. The molecule has 8 amide bonds. The van der Waals surface area contributed by atoms with Crippen molar-refractivity contribution >= 4 is 110 Å². The molecule has 0 spiro atoms. The predicted molar refractivity (Wildman–Crippen MR) is 524 cm³/mol. The van der Waals surface area contributed by atoms with Crippen LogP contribution in [0.25, 0.3) is 80.0 Å². The van der Waals surface area contributed by atoms with Gasteiger partial charge in [-0.1, -0.05) is 89.8 Å². The number of ketones is 4. The number of nitrogens with zero attached hydrogens (tertiary/aromatic N) is 22. The molecule has 62 heteroatoms. The highest BCUT2D eigenvalue weighted by atomic mass is 32.2. The lowest BCUT2D eigenvalue weighted by atomic mass is 10.0. The third-order valence-corrected chi connectivity index (χ3v) is 27.5. The molecule has 8 aromatic heterocycles. The second kappa shape index (κ2) is 60.3. The second-order valence-electron chi connectivity index (χ2n) is 34.0. The number of aromatic nitrogens is 28. The molecule has 58 nitrogen and oxygen atoms in total. The van der Waals surface area contributed by atoms with Crippen molar-refractivity contribution in [2.24, 2.45) is 23.7 Å². The number of ether oxygens (including phenoxy) is 2. The summed E-state index contributed by atoms with van der Waals surface area (Å²) < 4.78 is 119. The zero-order valence-electron chi connectivity index (χ0n) is 82.5. The molecule has 14 N–H and O–H groups in total. The predicted octanol–water partition coefficient (Wildman–Crippen LogP) is 1.60. The van der Waals surface area contributed by atoms with Crippen molar-refractivity contribution in [1.29, 1.82) is 0 Å². The molecular weight excluding hydrogens is 2020 g/mol. The van der Waals surface area contributed by atoms with Gasteiger partial charge in [0.05, 0.1) is 35.7 Å². The highest BCUT2D eigenvalue weighted by molar-refractivity contribution is 7.90. The van der Waals surface area contributed by atoms with Crippen LogP contribution in [0, 0.1) is 23.7 Å². The number of carbonyl (C=O) groups excluding carboxylic acids is 12. The lowest BCUT2D eigenvalue weighted by molar-refractivity contribution is -0.122. The van der Waals surface area contributed by atoms with Crippen molar-refractivity contribution in [1.82, 2.24) is 183 Å². The Labute approximate surface area is 849 Å². The Kier molecular flexibility index (Phi) is 47.9. The molecule has 11 rings (SSSR count). The normalized spacial score (nSPS) is 12.1. The van der Waals surface area contributed by atoms with Gasteiger partial charge in [0.2, 0.25) is 98.7 Å². The molecule has 0 bridgehead atoms. The Balaban J connectivity index is 0.000000241. The van der Waals surface area contributed by atoms with Gasteiger partial charge in [0.15, 0.2) is 13.2 Å². The van der Waals surface area contributed by atoms with Crippen LogP contribution in [-0.2, 0) is 111 Å². The minimum atomic E-state index is -3.98. The summed E-state index contributed by atoms with van der Waals surface area (Å²) in [7, 11) is -15.7. The summed E-state index contributed by atoms with van der Waals surface area (Å²) in [5.41, 5.74) is 4.28. The largest absolute Gasteiger partial charge is 0.484 e. The van der Waals surface area contributed by atoms with Gasteiger partial charge < -0.3 is 39.9 Å². The van der Waals surface area contributed by atoms with Gasteiger partial charge >= 0.3 is 0 Å². The van der Waals surface area contributed by atoms with Gasteiger partial charge in [-0.2, -0.15) is 31.3 Å². The van der Waals surface area contributed by atoms with Crippen LogP contribution in [-0.4, -0.2) is 309 Å². The van der Waals surface area contributed by atoms with E-state index in [1.165, 1.54) is 21.8 Å². The summed E-state index contributed by atoms with van der Waals surface area (Å²) >= 11 is 0. The lowest BCUT2D eigenvalue weighted by Crippen LogP contribution is -2.36. The van der Waals surface area contributed by atoms with E-state index in [2.05, 4.69) is 155 Å². The average Bonchev–Trinajstić information content (AvgIpc) is 1.64. The Morgan fingerprint density at radius 2 is 0.534 bits per heavy atom. The lowest BCUT2D eigenvalue weighted by Gasteiger charge is -2.10. The zero-order chi connectivity index (χ0) is 108. The van der Waals surface area contributed by atoms with Gasteiger partial charge in [-0.05, 0) is 184 Å². The number of imidazole rings is 2. The minimum absolute atomic E-state index is 0.00276. The number of carbonyl (C=O) groups is 12. The Hall–Kier alpha value is -15.7. The van der Waals surface area contributed by atoms with Gasteiger partial charge in [0, 0.05) is 86.7 Å².